The van der Waals surface area contributed by atoms with Gasteiger partial charge in [-0.2, -0.15) is 0 Å². The summed E-state index contributed by atoms with van der Waals surface area (Å²) in [5.74, 6) is -3.06. The number of carboxylic acid groups (broad SMARTS) is 1. The number of carbonyl (C=O) groups is 4. The van der Waals surface area contributed by atoms with E-state index in [-0.39, 0.29) is 24.2 Å². The summed E-state index contributed by atoms with van der Waals surface area (Å²) in [5, 5.41) is 17.4. The Morgan fingerprint density at radius 2 is 1.39 bits per heavy atom. The van der Waals surface area contributed by atoms with Crippen LogP contribution in [0.25, 0.3) is 0 Å². The summed E-state index contributed by atoms with van der Waals surface area (Å²) in [7, 11) is 0. The molecule has 8 N–H and O–H groups in total. The third-order valence-corrected chi connectivity index (χ3v) is 5.67. The van der Waals surface area contributed by atoms with Crippen LogP contribution in [0.3, 0.4) is 0 Å². The van der Waals surface area contributed by atoms with E-state index in [1.165, 1.54) is 0 Å². The predicted molar refractivity (Wildman–Crippen MR) is 128 cm³/mol. The number of rotatable bonds is 16. The van der Waals surface area contributed by atoms with Crippen LogP contribution in [0.4, 0.5) is 0 Å². The highest BCUT2D eigenvalue weighted by Crippen LogP contribution is 2.12. The molecule has 5 unspecified atom stereocenters. The molecular formula is C23H45N5O5. The SMILES string of the molecule is CCC(C)C(NC(=O)C(NC(=O)C(N)CCCCN)C(C)C)C(=O)NC(CC(C)C)C(=O)O. The van der Waals surface area contributed by atoms with Crippen LogP contribution in [0, 0.1) is 17.8 Å². The van der Waals surface area contributed by atoms with Gasteiger partial charge in [0.25, 0.3) is 0 Å². The van der Waals surface area contributed by atoms with Crippen molar-refractivity contribution in [3.8, 4) is 0 Å². The standard InChI is InChI=1S/C23H45N5O5/c1-7-15(6)19(22(31)26-17(23(32)33)12-13(2)3)28-21(30)18(14(4)5)27-20(29)16(25)10-8-9-11-24/h13-19H,7-12,24-25H2,1-6H3,(H,26,31)(H,27,29)(H,28,30)(H,32,33). The number of aliphatic carboxylic acids is 1. The van der Waals surface area contributed by atoms with Gasteiger partial charge in [0.1, 0.15) is 18.1 Å². The zero-order valence-corrected chi connectivity index (χ0v) is 21.0. The lowest BCUT2D eigenvalue weighted by Crippen LogP contribution is -2.59. The average Bonchev–Trinajstić information content (AvgIpc) is 2.73. The van der Waals surface area contributed by atoms with Crippen LogP contribution in [-0.2, 0) is 19.2 Å². The topological polar surface area (TPSA) is 177 Å². The molecule has 0 fully saturated rings. The molecular weight excluding hydrogens is 426 g/mol. The summed E-state index contributed by atoms with van der Waals surface area (Å²) < 4.78 is 0. The molecule has 0 spiro atoms. The Morgan fingerprint density at radius 3 is 1.85 bits per heavy atom. The van der Waals surface area contributed by atoms with E-state index in [0.29, 0.717) is 25.8 Å². The van der Waals surface area contributed by atoms with Crippen molar-refractivity contribution < 1.29 is 24.3 Å². The number of amides is 3. The number of nitrogens with two attached hydrogens (primary N) is 2. The molecule has 0 aliphatic carbocycles. The van der Waals surface area contributed by atoms with Crippen LogP contribution in [0.2, 0.25) is 0 Å². The van der Waals surface area contributed by atoms with Gasteiger partial charge in [-0.15, -0.1) is 0 Å². The first kappa shape index (κ1) is 30.8. The van der Waals surface area contributed by atoms with Gasteiger partial charge in [-0.25, -0.2) is 4.79 Å². The van der Waals surface area contributed by atoms with Gasteiger partial charge in [0, 0.05) is 0 Å². The first-order valence-electron chi connectivity index (χ1n) is 11.9. The Morgan fingerprint density at radius 1 is 0.848 bits per heavy atom. The molecule has 3 amide bonds. The molecule has 33 heavy (non-hydrogen) atoms. The normalized spacial score (nSPS) is 15.9. The van der Waals surface area contributed by atoms with Crippen molar-refractivity contribution in [3.63, 3.8) is 0 Å². The van der Waals surface area contributed by atoms with Gasteiger partial charge in [0.2, 0.25) is 17.7 Å². The molecule has 0 radical (unpaired) electrons. The van der Waals surface area contributed by atoms with E-state index in [2.05, 4.69) is 16.0 Å². The molecule has 5 atom stereocenters. The van der Waals surface area contributed by atoms with E-state index in [9.17, 15) is 24.3 Å². The van der Waals surface area contributed by atoms with Crippen molar-refractivity contribution in [3.05, 3.63) is 0 Å². The fourth-order valence-electron chi connectivity index (χ4n) is 3.33. The van der Waals surface area contributed by atoms with Crippen molar-refractivity contribution in [2.75, 3.05) is 6.54 Å². The second kappa shape index (κ2) is 15.6. The van der Waals surface area contributed by atoms with Crippen LogP contribution < -0.4 is 27.4 Å². The predicted octanol–water partition coefficient (Wildman–Crippen LogP) is 0.730. The summed E-state index contributed by atoms with van der Waals surface area (Å²) in [6, 6.07) is -3.63. The maximum Gasteiger partial charge on any atom is 0.326 e. The maximum absolute atomic E-state index is 13.1. The largest absolute Gasteiger partial charge is 0.480 e. The fourth-order valence-corrected chi connectivity index (χ4v) is 3.33. The second-order valence-corrected chi connectivity index (χ2v) is 9.52. The van der Waals surface area contributed by atoms with Crippen LogP contribution in [0.15, 0.2) is 0 Å². The number of unbranched alkanes of at least 4 members (excludes halogenated alkanes) is 1. The minimum absolute atomic E-state index is 0.0673. The van der Waals surface area contributed by atoms with Gasteiger partial charge < -0.3 is 32.5 Å². The molecule has 0 heterocycles. The third-order valence-electron chi connectivity index (χ3n) is 5.67. The summed E-state index contributed by atoms with van der Waals surface area (Å²) in [6.45, 7) is 11.5. The molecule has 10 nitrogen and oxygen atoms in total. The molecule has 0 aromatic carbocycles. The zero-order valence-electron chi connectivity index (χ0n) is 21.0. The average molecular weight is 472 g/mol. The maximum atomic E-state index is 13.1. The number of nitrogens with one attached hydrogen (secondary N) is 3. The van der Waals surface area contributed by atoms with Gasteiger partial charge >= 0.3 is 5.97 Å². The van der Waals surface area contributed by atoms with Gasteiger partial charge in [-0.3, -0.25) is 14.4 Å². The highest BCUT2D eigenvalue weighted by Gasteiger charge is 2.33. The fraction of sp³-hybridized carbons (Fsp3) is 0.826. The molecule has 0 rings (SSSR count). The molecule has 0 saturated heterocycles. The van der Waals surface area contributed by atoms with Gasteiger partial charge in [-0.1, -0.05) is 54.4 Å². The van der Waals surface area contributed by atoms with Crippen molar-refractivity contribution in [2.45, 2.75) is 97.8 Å². The first-order chi connectivity index (χ1) is 15.3. The molecule has 0 aliphatic heterocycles. The Bertz CT molecular complexity index is 641. The van der Waals surface area contributed by atoms with Crippen molar-refractivity contribution in [1.29, 1.82) is 0 Å². The third kappa shape index (κ3) is 11.5. The summed E-state index contributed by atoms with van der Waals surface area (Å²) in [5.41, 5.74) is 11.4. The van der Waals surface area contributed by atoms with E-state index in [1.54, 1.807) is 20.8 Å². The lowest BCUT2D eigenvalue weighted by atomic mass is 9.95. The van der Waals surface area contributed by atoms with Gasteiger partial charge in [-0.05, 0) is 43.6 Å². The van der Waals surface area contributed by atoms with E-state index in [1.807, 2.05) is 20.8 Å². The minimum Gasteiger partial charge on any atom is -0.480 e. The van der Waals surface area contributed by atoms with Crippen molar-refractivity contribution in [1.82, 2.24) is 16.0 Å². The highest BCUT2D eigenvalue weighted by atomic mass is 16.4. The molecule has 10 heteroatoms. The highest BCUT2D eigenvalue weighted by molar-refractivity contribution is 5.94. The van der Waals surface area contributed by atoms with E-state index in [4.69, 9.17) is 11.5 Å². The van der Waals surface area contributed by atoms with E-state index in [0.717, 1.165) is 6.42 Å². The summed E-state index contributed by atoms with van der Waals surface area (Å²) >= 11 is 0. The second-order valence-electron chi connectivity index (χ2n) is 9.52. The zero-order chi connectivity index (χ0) is 25.7. The summed E-state index contributed by atoms with van der Waals surface area (Å²) in [4.78, 5) is 50.1. The number of carbonyl (C=O) groups excluding carboxylic acids is 3. The lowest BCUT2D eigenvalue weighted by molar-refractivity contribution is -0.143. The number of hydrogen-bond donors (Lipinski definition) is 6. The van der Waals surface area contributed by atoms with Crippen LogP contribution >= 0.6 is 0 Å². The Kier molecular flexibility index (Phi) is 14.6. The molecule has 0 aromatic heterocycles. The van der Waals surface area contributed by atoms with E-state index < -0.39 is 47.9 Å². The van der Waals surface area contributed by atoms with Crippen LogP contribution in [0.1, 0.15) is 73.6 Å². The number of hydrogen-bond acceptors (Lipinski definition) is 6. The van der Waals surface area contributed by atoms with Crippen molar-refractivity contribution >= 4 is 23.7 Å². The van der Waals surface area contributed by atoms with E-state index >= 15 is 0 Å². The molecule has 0 aromatic rings. The van der Waals surface area contributed by atoms with Gasteiger partial charge in [0.15, 0.2) is 0 Å². The molecule has 192 valence electrons. The van der Waals surface area contributed by atoms with Crippen LogP contribution in [-0.4, -0.2) is 59.5 Å². The van der Waals surface area contributed by atoms with Gasteiger partial charge in [0.05, 0.1) is 6.04 Å². The summed E-state index contributed by atoms with van der Waals surface area (Å²) in [6.07, 6.45) is 2.79. The quantitative estimate of drug-likeness (QED) is 0.180. The van der Waals surface area contributed by atoms with Crippen LogP contribution in [0.5, 0.6) is 0 Å². The first-order valence-corrected chi connectivity index (χ1v) is 11.9. The molecule has 0 bridgehead atoms. The molecule has 0 aliphatic rings. The monoisotopic (exact) mass is 471 g/mol. The number of carboxylic acids is 1. The van der Waals surface area contributed by atoms with Crippen molar-refractivity contribution in [2.24, 2.45) is 29.2 Å². The minimum atomic E-state index is -1.12. The Hall–Kier alpha value is -2.20. The Labute approximate surface area is 198 Å². The smallest absolute Gasteiger partial charge is 0.326 e. The molecule has 0 saturated carbocycles. The Balaban J connectivity index is 5.39. The lowest BCUT2D eigenvalue weighted by Gasteiger charge is -2.29.